The molecule has 30 heavy (non-hydrogen) atoms. The van der Waals surface area contributed by atoms with Crippen molar-refractivity contribution in [1.82, 2.24) is 5.32 Å². The maximum absolute atomic E-state index is 12.6. The molecule has 0 fully saturated rings. The van der Waals surface area contributed by atoms with Gasteiger partial charge >= 0.3 is 0 Å². The van der Waals surface area contributed by atoms with Gasteiger partial charge < -0.3 is 5.32 Å². The summed E-state index contributed by atoms with van der Waals surface area (Å²) in [5.41, 5.74) is 4.38. The Kier molecular flexibility index (Phi) is 6.26. The molecule has 0 spiro atoms. The Morgan fingerprint density at radius 2 is 1.80 bits per heavy atom. The number of nitrogens with zero attached hydrogens (tertiary/aromatic N) is 1. The number of rotatable bonds is 5. The highest BCUT2D eigenvalue weighted by molar-refractivity contribution is 7.99. The van der Waals surface area contributed by atoms with Crippen molar-refractivity contribution < 1.29 is 4.79 Å². The lowest BCUT2D eigenvalue weighted by molar-refractivity contribution is 0.0952. The van der Waals surface area contributed by atoms with Crippen LogP contribution in [0.4, 0.5) is 5.69 Å². The van der Waals surface area contributed by atoms with E-state index in [2.05, 4.69) is 31.3 Å². The van der Waals surface area contributed by atoms with Crippen LogP contribution in [0, 0.1) is 5.92 Å². The average molecular weight is 435 g/mol. The molecule has 0 saturated heterocycles. The highest BCUT2D eigenvalue weighted by Gasteiger charge is 2.20. The Balaban J connectivity index is 1.74. The number of benzene rings is 3. The molecule has 0 bridgehead atoms. The van der Waals surface area contributed by atoms with Crippen LogP contribution >= 0.6 is 23.4 Å². The summed E-state index contributed by atoms with van der Waals surface area (Å²) in [5.74, 6) is 0.493. The zero-order chi connectivity index (χ0) is 21.1. The predicted molar refractivity (Wildman–Crippen MR) is 126 cm³/mol. The molecule has 1 aliphatic rings. The Morgan fingerprint density at radius 3 is 2.57 bits per heavy atom. The first-order chi connectivity index (χ1) is 14.5. The van der Waals surface area contributed by atoms with Crippen molar-refractivity contribution >= 4 is 40.7 Å². The van der Waals surface area contributed by atoms with Crippen LogP contribution in [0.2, 0.25) is 5.02 Å². The van der Waals surface area contributed by atoms with E-state index in [1.807, 2.05) is 54.6 Å². The molecule has 0 aromatic heterocycles. The average Bonchev–Trinajstić information content (AvgIpc) is 2.90. The summed E-state index contributed by atoms with van der Waals surface area (Å²) < 4.78 is 0. The van der Waals surface area contributed by atoms with E-state index in [4.69, 9.17) is 16.6 Å². The first-order valence-corrected chi connectivity index (χ1v) is 11.2. The van der Waals surface area contributed by atoms with Gasteiger partial charge in [0.2, 0.25) is 0 Å². The minimum absolute atomic E-state index is 0.0616. The van der Waals surface area contributed by atoms with E-state index in [-0.39, 0.29) is 5.91 Å². The van der Waals surface area contributed by atoms with E-state index in [1.165, 1.54) is 0 Å². The van der Waals surface area contributed by atoms with E-state index in [0.717, 1.165) is 38.7 Å². The minimum Gasteiger partial charge on any atom is -0.352 e. The molecule has 0 aliphatic carbocycles. The summed E-state index contributed by atoms with van der Waals surface area (Å²) in [6.07, 6.45) is 0.959. The van der Waals surface area contributed by atoms with Gasteiger partial charge in [0.15, 0.2) is 0 Å². The monoisotopic (exact) mass is 434 g/mol. The van der Waals surface area contributed by atoms with Crippen molar-refractivity contribution in [3.05, 3.63) is 88.4 Å². The van der Waals surface area contributed by atoms with Crippen molar-refractivity contribution in [3.63, 3.8) is 0 Å². The van der Waals surface area contributed by atoms with E-state index in [9.17, 15) is 4.79 Å². The molecular weight excluding hydrogens is 412 g/mol. The number of fused-ring (bicyclic) bond motifs is 2. The number of hydrogen-bond donors (Lipinski definition) is 1. The number of carbonyl (C=O) groups is 1. The normalized spacial score (nSPS) is 12.6. The first kappa shape index (κ1) is 20.7. The quantitative estimate of drug-likeness (QED) is 0.377. The Hall–Kier alpha value is -2.56. The van der Waals surface area contributed by atoms with Gasteiger partial charge in [-0.15, -0.1) is 0 Å². The molecule has 5 heteroatoms. The van der Waals surface area contributed by atoms with Gasteiger partial charge in [-0.1, -0.05) is 67.5 Å². The van der Waals surface area contributed by atoms with E-state index >= 15 is 0 Å². The van der Waals surface area contributed by atoms with Crippen LogP contribution < -0.4 is 5.32 Å². The van der Waals surface area contributed by atoms with Gasteiger partial charge in [-0.25, -0.2) is 4.99 Å². The molecule has 0 atom stereocenters. The van der Waals surface area contributed by atoms with Gasteiger partial charge in [0.1, 0.15) is 0 Å². The highest BCUT2D eigenvalue weighted by Crippen LogP contribution is 2.41. The van der Waals surface area contributed by atoms with Crippen LogP contribution in [0.5, 0.6) is 0 Å². The second kappa shape index (κ2) is 9.07. The summed E-state index contributed by atoms with van der Waals surface area (Å²) in [6, 6.07) is 21.7. The molecule has 1 N–H and O–H groups in total. The molecule has 152 valence electrons. The second-order valence-corrected chi connectivity index (χ2v) is 9.21. The number of hydrogen-bond acceptors (Lipinski definition) is 3. The lowest BCUT2D eigenvalue weighted by Crippen LogP contribution is -2.25. The van der Waals surface area contributed by atoms with Gasteiger partial charge in [-0.2, -0.15) is 0 Å². The minimum atomic E-state index is -0.0616. The van der Waals surface area contributed by atoms with Crippen molar-refractivity contribution in [2.24, 2.45) is 10.9 Å². The maximum Gasteiger partial charge on any atom is 0.251 e. The molecule has 4 rings (SSSR count). The summed E-state index contributed by atoms with van der Waals surface area (Å²) in [6.45, 7) is 4.97. The second-order valence-electron chi connectivity index (χ2n) is 7.69. The predicted octanol–water partition coefficient (Wildman–Crippen LogP) is 6.75. The van der Waals surface area contributed by atoms with Crippen molar-refractivity contribution in [2.75, 3.05) is 6.54 Å². The lowest BCUT2D eigenvalue weighted by Gasteiger charge is -2.09. The van der Waals surface area contributed by atoms with Crippen molar-refractivity contribution in [3.8, 4) is 0 Å². The zero-order valence-corrected chi connectivity index (χ0v) is 18.6. The zero-order valence-electron chi connectivity index (χ0n) is 17.0. The number of halogens is 1. The molecule has 0 radical (unpaired) electrons. The Labute approximate surface area is 186 Å². The van der Waals surface area contributed by atoms with Crippen LogP contribution in [0.1, 0.15) is 41.8 Å². The van der Waals surface area contributed by atoms with Gasteiger partial charge in [0, 0.05) is 38.0 Å². The number of aliphatic imine (C=N–C) groups is 1. The van der Waals surface area contributed by atoms with Crippen molar-refractivity contribution in [1.29, 1.82) is 0 Å². The maximum atomic E-state index is 12.6. The van der Waals surface area contributed by atoms with Gasteiger partial charge in [-0.05, 0) is 48.7 Å². The molecule has 1 amide bonds. The third-order valence-electron chi connectivity index (χ3n) is 4.94. The van der Waals surface area contributed by atoms with Crippen LogP contribution in [0.25, 0.3) is 0 Å². The summed E-state index contributed by atoms with van der Waals surface area (Å²) in [5, 5.41) is 3.70. The highest BCUT2D eigenvalue weighted by atomic mass is 35.5. The summed E-state index contributed by atoms with van der Waals surface area (Å²) in [4.78, 5) is 19.8. The Bertz CT molecular complexity index is 1110. The summed E-state index contributed by atoms with van der Waals surface area (Å²) in [7, 11) is 0. The smallest absolute Gasteiger partial charge is 0.251 e. The Morgan fingerprint density at radius 1 is 1.03 bits per heavy atom. The molecule has 3 nitrogen and oxygen atoms in total. The van der Waals surface area contributed by atoms with Crippen LogP contribution in [0.15, 0.2) is 81.5 Å². The fourth-order valence-corrected chi connectivity index (χ4v) is 4.42. The van der Waals surface area contributed by atoms with Crippen molar-refractivity contribution in [2.45, 2.75) is 30.1 Å². The molecule has 0 unspecified atom stereocenters. The number of nitrogens with one attached hydrogen (secondary N) is 1. The topological polar surface area (TPSA) is 41.5 Å². The third kappa shape index (κ3) is 4.61. The lowest BCUT2D eigenvalue weighted by atomic mass is 10.0. The largest absolute Gasteiger partial charge is 0.352 e. The molecule has 0 saturated carbocycles. The van der Waals surface area contributed by atoms with Gasteiger partial charge in [-0.3, -0.25) is 4.79 Å². The van der Waals surface area contributed by atoms with E-state index in [0.29, 0.717) is 23.0 Å². The SMILES string of the molecule is CC(C)CCNC(=O)c1ccc2c(c1)N=C(c1ccc(Cl)cc1)c1ccccc1S2. The third-order valence-corrected chi connectivity index (χ3v) is 6.33. The first-order valence-electron chi connectivity index (χ1n) is 10.1. The van der Waals surface area contributed by atoms with Crippen LogP contribution in [-0.2, 0) is 0 Å². The standard InChI is InChI=1S/C25H23ClN2OS/c1-16(2)13-14-27-25(29)18-9-12-23-21(15-18)28-24(17-7-10-19(26)11-8-17)20-5-3-4-6-22(20)30-23/h3-12,15-16H,13-14H2,1-2H3,(H,27,29). The van der Waals surface area contributed by atoms with Crippen LogP contribution in [-0.4, -0.2) is 18.2 Å². The number of amides is 1. The number of carbonyl (C=O) groups excluding carboxylic acids is 1. The fourth-order valence-electron chi connectivity index (χ4n) is 3.29. The van der Waals surface area contributed by atoms with E-state index in [1.54, 1.807) is 11.8 Å². The molecule has 1 aliphatic heterocycles. The molecule has 3 aromatic rings. The molecule has 3 aromatic carbocycles. The molecular formula is C25H23ClN2OS. The molecule has 1 heterocycles. The van der Waals surface area contributed by atoms with Gasteiger partial charge in [0.05, 0.1) is 11.4 Å². The van der Waals surface area contributed by atoms with E-state index < -0.39 is 0 Å². The van der Waals surface area contributed by atoms with Crippen LogP contribution in [0.3, 0.4) is 0 Å². The fraction of sp³-hybridized carbons (Fsp3) is 0.200. The van der Waals surface area contributed by atoms with Gasteiger partial charge in [0.25, 0.3) is 5.91 Å². The summed E-state index contributed by atoms with van der Waals surface area (Å²) >= 11 is 7.77.